The minimum atomic E-state index is -1.68. The van der Waals surface area contributed by atoms with Gasteiger partial charge in [-0.05, 0) is 62.2 Å². The Hall–Kier alpha value is -3.08. The van der Waals surface area contributed by atoms with Gasteiger partial charge in [-0.3, -0.25) is 9.59 Å². The molecule has 1 saturated heterocycles. The smallest absolute Gasteiger partial charge is 0.267 e. The second-order valence-corrected chi connectivity index (χ2v) is 11.9. The molecule has 4 aliphatic rings. The normalized spacial score (nSPS) is 34.7. The number of rotatable bonds is 6. The number of aromatic amines is 2. The summed E-state index contributed by atoms with van der Waals surface area (Å²) in [7, 11) is 0. The van der Waals surface area contributed by atoms with Crippen molar-refractivity contribution in [1.82, 2.24) is 30.8 Å². The number of hydrogen-bond acceptors (Lipinski definition) is 10. The van der Waals surface area contributed by atoms with Crippen LogP contribution in [-0.2, 0) is 0 Å². The zero-order valence-electron chi connectivity index (χ0n) is 19.8. The van der Waals surface area contributed by atoms with Crippen molar-refractivity contribution in [2.75, 3.05) is 13.1 Å². The summed E-state index contributed by atoms with van der Waals surface area (Å²) in [6, 6.07) is 3.32. The number of halogens is 2. The number of fused-ring (bicyclic) bond motifs is 3. The average molecular weight is 654 g/mol. The molecule has 2 aromatic heterocycles. The van der Waals surface area contributed by atoms with Gasteiger partial charge in [0.1, 0.15) is 11.4 Å². The molecule has 16 heteroatoms. The van der Waals surface area contributed by atoms with E-state index in [1.807, 2.05) is 0 Å². The average Bonchev–Trinajstić information content (AvgIpc) is 3.66. The number of aliphatic hydroxyl groups excluding tert-OH is 1. The quantitative estimate of drug-likeness (QED) is 0.186. The number of carbonyl (C=O) groups is 2. The van der Waals surface area contributed by atoms with Gasteiger partial charge in [0.15, 0.2) is 30.0 Å². The van der Waals surface area contributed by atoms with Crippen molar-refractivity contribution >= 4 is 55.6 Å². The van der Waals surface area contributed by atoms with E-state index in [2.05, 4.69) is 67.8 Å². The molecule has 202 valence electrons. The van der Waals surface area contributed by atoms with Crippen LogP contribution in [0.5, 0.6) is 0 Å². The number of hydrogen-bond donors (Lipinski definition) is 9. The summed E-state index contributed by atoms with van der Waals surface area (Å²) in [4.78, 5) is 41.7. The molecule has 2 aromatic rings. The largest absolute Gasteiger partial charge is 0.370 e. The molecule has 6 rings (SSSR count). The molecule has 7 atom stereocenters. The Kier molecular flexibility index (Phi) is 5.79. The maximum Gasteiger partial charge on any atom is 0.267 e. The fourth-order valence-corrected chi connectivity index (χ4v) is 7.40. The molecule has 1 aliphatic carbocycles. The molecule has 2 fully saturated rings. The lowest BCUT2D eigenvalue weighted by Crippen LogP contribution is -2.60. The van der Waals surface area contributed by atoms with Crippen LogP contribution in [0, 0.1) is 17.8 Å². The van der Waals surface area contributed by atoms with Gasteiger partial charge in [0.25, 0.3) is 11.8 Å². The number of aliphatic hydroxyl groups is 2. The third-order valence-corrected chi connectivity index (χ3v) is 8.98. The van der Waals surface area contributed by atoms with E-state index in [1.165, 1.54) is 0 Å². The highest BCUT2D eigenvalue weighted by atomic mass is 79.9. The van der Waals surface area contributed by atoms with E-state index < -0.39 is 35.5 Å². The Bertz CT molecular complexity index is 1380. The van der Waals surface area contributed by atoms with Crippen molar-refractivity contribution in [3.05, 3.63) is 44.9 Å². The zero-order valence-corrected chi connectivity index (χ0v) is 23.0. The number of amides is 2. The van der Waals surface area contributed by atoms with Crippen LogP contribution in [0.4, 0.5) is 0 Å². The lowest BCUT2D eigenvalue weighted by atomic mass is 9.77. The molecule has 2 amide bonds. The monoisotopic (exact) mass is 652 g/mol. The number of aromatic nitrogens is 2. The highest BCUT2D eigenvalue weighted by Gasteiger charge is 2.78. The van der Waals surface area contributed by atoms with Gasteiger partial charge in [-0.15, -0.1) is 0 Å². The molecule has 1 spiro atoms. The molecule has 0 unspecified atom stereocenters. The Morgan fingerprint density at radius 1 is 1.08 bits per heavy atom. The zero-order chi connectivity index (χ0) is 27.0. The van der Waals surface area contributed by atoms with Gasteiger partial charge in [0.2, 0.25) is 0 Å². The summed E-state index contributed by atoms with van der Waals surface area (Å²) in [5, 5.41) is 31.9. The van der Waals surface area contributed by atoms with E-state index in [1.54, 1.807) is 29.4 Å². The molecule has 0 aromatic carbocycles. The second kappa shape index (κ2) is 8.72. The van der Waals surface area contributed by atoms with Crippen molar-refractivity contribution in [2.24, 2.45) is 39.2 Å². The van der Waals surface area contributed by atoms with Crippen LogP contribution < -0.4 is 27.4 Å². The summed E-state index contributed by atoms with van der Waals surface area (Å²) in [6.07, 6.45) is 1.47. The lowest BCUT2D eigenvalue weighted by Gasteiger charge is -2.38. The predicted molar refractivity (Wildman–Crippen MR) is 142 cm³/mol. The first-order valence-electron chi connectivity index (χ1n) is 11.9. The van der Waals surface area contributed by atoms with Crippen molar-refractivity contribution in [3.8, 4) is 0 Å². The topological polar surface area (TPSA) is 222 Å². The lowest BCUT2D eigenvalue weighted by molar-refractivity contribution is -0.0561. The maximum absolute atomic E-state index is 12.9. The van der Waals surface area contributed by atoms with Crippen LogP contribution in [0.1, 0.15) is 27.4 Å². The number of guanidine groups is 2. The number of H-pyrrole nitrogens is 2. The second-order valence-electron chi connectivity index (χ2n) is 10.0. The molecule has 3 aliphatic heterocycles. The van der Waals surface area contributed by atoms with E-state index in [0.29, 0.717) is 17.8 Å². The van der Waals surface area contributed by atoms with Crippen LogP contribution in [0.3, 0.4) is 0 Å². The van der Waals surface area contributed by atoms with Crippen molar-refractivity contribution < 1.29 is 19.8 Å². The summed E-state index contributed by atoms with van der Waals surface area (Å²) in [6.45, 7) is 0.341. The van der Waals surface area contributed by atoms with Gasteiger partial charge < -0.3 is 52.5 Å². The van der Waals surface area contributed by atoms with E-state index in [0.717, 1.165) is 8.95 Å². The number of nitrogens with two attached hydrogens (primary N) is 2. The van der Waals surface area contributed by atoms with Crippen LogP contribution in [-0.4, -0.2) is 85.6 Å². The molecule has 14 nitrogen and oxygen atoms in total. The SMILES string of the molecule is NC1=N[C@@H]2N3C(N)=N[C@H](O)[C@@]34C[C@@H](CNC(=O)c3cc(Br)c[nH]3)[C@H](CNC(=O)c3cc(Br)c[nH]3)[C@H]4[C@]2(O)N1. The fraction of sp³-hybridized carbons (Fsp3) is 0.455. The van der Waals surface area contributed by atoms with Crippen LogP contribution in [0.25, 0.3) is 0 Å². The molecule has 1 saturated carbocycles. The molecule has 38 heavy (non-hydrogen) atoms. The maximum atomic E-state index is 12.9. The van der Waals surface area contributed by atoms with Gasteiger partial charge >= 0.3 is 0 Å². The summed E-state index contributed by atoms with van der Waals surface area (Å²) >= 11 is 6.65. The Balaban J connectivity index is 1.32. The van der Waals surface area contributed by atoms with Crippen molar-refractivity contribution in [1.29, 1.82) is 0 Å². The summed E-state index contributed by atoms with van der Waals surface area (Å²) in [5.41, 5.74) is 10.1. The third-order valence-electron chi connectivity index (χ3n) is 8.07. The summed E-state index contributed by atoms with van der Waals surface area (Å²) < 4.78 is 1.47. The van der Waals surface area contributed by atoms with E-state index in [9.17, 15) is 19.8 Å². The minimum absolute atomic E-state index is 0.0355. The minimum Gasteiger partial charge on any atom is -0.370 e. The van der Waals surface area contributed by atoms with E-state index in [-0.39, 0.29) is 42.7 Å². The molecule has 0 bridgehead atoms. The number of carbonyl (C=O) groups excluding carboxylic acids is 2. The van der Waals surface area contributed by atoms with Crippen LogP contribution in [0.2, 0.25) is 0 Å². The number of nitrogens with one attached hydrogen (secondary N) is 5. The Morgan fingerprint density at radius 2 is 1.68 bits per heavy atom. The Morgan fingerprint density at radius 3 is 2.26 bits per heavy atom. The third kappa shape index (κ3) is 3.57. The van der Waals surface area contributed by atoms with Gasteiger partial charge in [0.05, 0.1) is 5.54 Å². The van der Waals surface area contributed by atoms with Gasteiger partial charge in [-0.25, -0.2) is 9.98 Å². The van der Waals surface area contributed by atoms with E-state index in [4.69, 9.17) is 11.5 Å². The van der Waals surface area contributed by atoms with Crippen molar-refractivity contribution in [2.45, 2.75) is 30.1 Å². The van der Waals surface area contributed by atoms with Gasteiger partial charge in [0, 0.05) is 40.3 Å². The fourth-order valence-electron chi connectivity index (χ4n) is 6.71. The highest BCUT2D eigenvalue weighted by molar-refractivity contribution is 9.10. The van der Waals surface area contributed by atoms with E-state index >= 15 is 0 Å². The molecule has 5 heterocycles. The Labute approximate surface area is 233 Å². The van der Waals surface area contributed by atoms with Crippen molar-refractivity contribution in [3.63, 3.8) is 0 Å². The van der Waals surface area contributed by atoms with Crippen LogP contribution in [0.15, 0.2) is 43.5 Å². The summed E-state index contributed by atoms with van der Waals surface area (Å²) in [5.74, 6) is -2.00. The predicted octanol–water partition coefficient (Wildman–Crippen LogP) is -1.09. The van der Waals surface area contributed by atoms with Gasteiger partial charge in [-0.2, -0.15) is 0 Å². The number of nitrogens with zero attached hydrogens (tertiary/aromatic N) is 3. The first-order chi connectivity index (χ1) is 18.0. The number of aliphatic imine (C=N–C) groups is 2. The van der Waals surface area contributed by atoms with Crippen LogP contribution >= 0.6 is 31.9 Å². The molecular formula is C22H26Br2N10O4. The van der Waals surface area contributed by atoms with Gasteiger partial charge in [-0.1, -0.05) is 0 Å². The standard InChI is InChI=1S/C22H26Br2N10O4/c23-9-1-12(27-5-9)15(35)29-4-8-3-21-14(11(8)7-30-16(36)13-2-10(24)6-28-13)22(38)17(31-19(25)33-22)34(21)20(26)32-18(21)37/h1-2,5-6,8,11,14,17-18,27-28,37-38H,3-4,7H2,(H2,26,32)(H,29,35)(H,30,36)(H3,25,31,33)/t8-,11-,14+,17+,18+,21-,22+/m0/s1. The molecule has 11 N–H and O–H groups in total. The first kappa shape index (κ1) is 25.2. The molecule has 0 radical (unpaired) electrons. The molecular weight excluding hydrogens is 628 g/mol. The highest BCUT2D eigenvalue weighted by Crippen LogP contribution is 2.62. The first-order valence-corrected chi connectivity index (χ1v) is 13.5.